The lowest BCUT2D eigenvalue weighted by molar-refractivity contribution is 0.687. The van der Waals surface area contributed by atoms with Crippen LogP contribution in [0.2, 0.25) is 0 Å². The van der Waals surface area contributed by atoms with Crippen LogP contribution in [0.25, 0.3) is 11.4 Å². The van der Waals surface area contributed by atoms with Crippen LogP contribution in [0.5, 0.6) is 0 Å². The van der Waals surface area contributed by atoms with Gasteiger partial charge in [-0.1, -0.05) is 43.2 Å². The van der Waals surface area contributed by atoms with Crippen molar-refractivity contribution in [3.63, 3.8) is 0 Å². The van der Waals surface area contributed by atoms with Gasteiger partial charge in [0.1, 0.15) is 5.82 Å². The Hall–Kier alpha value is -1.17. The molecule has 1 aromatic carbocycles. The van der Waals surface area contributed by atoms with Crippen molar-refractivity contribution in [3.05, 3.63) is 49.9 Å². The molecule has 1 aliphatic rings. The van der Waals surface area contributed by atoms with Gasteiger partial charge in [-0.25, -0.2) is 4.98 Å². The van der Waals surface area contributed by atoms with Crippen molar-refractivity contribution < 1.29 is 0 Å². The van der Waals surface area contributed by atoms with Gasteiger partial charge in [-0.2, -0.15) is 0 Å². The van der Waals surface area contributed by atoms with Gasteiger partial charge in [0.05, 0.1) is 9.26 Å². The summed E-state index contributed by atoms with van der Waals surface area (Å²) in [5.74, 6) is 1.14. The van der Waals surface area contributed by atoms with E-state index >= 15 is 0 Å². The molecular formula is C15H15IN2O. The molecule has 1 N–H and O–H groups in total. The Morgan fingerprint density at radius 3 is 2.53 bits per heavy atom. The summed E-state index contributed by atoms with van der Waals surface area (Å²) in [6.45, 7) is 0. The molecule has 3 rings (SSSR count). The predicted octanol–water partition coefficient (Wildman–Crippen LogP) is 3.70. The summed E-state index contributed by atoms with van der Waals surface area (Å²) in [5.41, 5.74) is 1.94. The fourth-order valence-corrected chi connectivity index (χ4v) is 3.37. The lowest BCUT2D eigenvalue weighted by atomic mass is 10.0. The molecule has 0 spiro atoms. The number of hydrogen-bond donors (Lipinski definition) is 1. The van der Waals surface area contributed by atoms with Gasteiger partial charge in [0.2, 0.25) is 0 Å². The molecule has 0 bridgehead atoms. The number of halogens is 1. The topological polar surface area (TPSA) is 45.8 Å². The maximum atomic E-state index is 12.1. The Morgan fingerprint density at radius 1 is 1.16 bits per heavy atom. The quantitative estimate of drug-likeness (QED) is 0.824. The molecule has 1 fully saturated rings. The Morgan fingerprint density at radius 2 is 1.84 bits per heavy atom. The number of aromatic amines is 1. The molecule has 4 heteroatoms. The maximum absolute atomic E-state index is 12.1. The van der Waals surface area contributed by atoms with Gasteiger partial charge < -0.3 is 4.98 Å². The first-order valence-corrected chi connectivity index (χ1v) is 7.68. The predicted molar refractivity (Wildman–Crippen MR) is 84.2 cm³/mol. The molecule has 1 heterocycles. The second-order valence-corrected chi connectivity index (χ2v) is 6.04. The lowest BCUT2D eigenvalue weighted by Crippen LogP contribution is -2.17. The van der Waals surface area contributed by atoms with Crippen molar-refractivity contribution in [1.29, 1.82) is 0 Å². The van der Waals surface area contributed by atoms with Gasteiger partial charge in [0, 0.05) is 11.5 Å². The largest absolute Gasteiger partial charge is 0.306 e. The molecule has 0 radical (unpaired) electrons. The van der Waals surface area contributed by atoms with E-state index in [1.54, 1.807) is 0 Å². The van der Waals surface area contributed by atoms with E-state index in [0.717, 1.165) is 27.7 Å². The van der Waals surface area contributed by atoms with Crippen LogP contribution in [0, 0.1) is 3.57 Å². The van der Waals surface area contributed by atoms with E-state index in [1.807, 2.05) is 30.3 Å². The third-order valence-electron chi connectivity index (χ3n) is 3.68. The molecular weight excluding hydrogens is 351 g/mol. The highest BCUT2D eigenvalue weighted by atomic mass is 127. The van der Waals surface area contributed by atoms with Crippen molar-refractivity contribution >= 4 is 22.6 Å². The van der Waals surface area contributed by atoms with E-state index < -0.39 is 0 Å². The number of nitrogens with one attached hydrogen (secondary N) is 1. The summed E-state index contributed by atoms with van der Waals surface area (Å²) in [6.07, 6.45) is 4.80. The lowest BCUT2D eigenvalue weighted by Gasteiger charge is -2.12. The van der Waals surface area contributed by atoms with E-state index in [9.17, 15) is 4.79 Å². The molecule has 0 amide bonds. The molecule has 0 saturated heterocycles. The standard InChI is InChI=1S/C15H15IN2O/c16-12-13(10-6-4-5-7-10)17-14(18-15(12)19)11-8-2-1-3-9-11/h1-3,8-10H,4-7H2,(H,17,18,19). The number of rotatable bonds is 2. The summed E-state index contributed by atoms with van der Waals surface area (Å²) in [6, 6.07) is 9.84. The zero-order valence-corrected chi connectivity index (χ0v) is 12.7. The molecule has 2 aromatic rings. The fourth-order valence-electron chi connectivity index (χ4n) is 2.68. The van der Waals surface area contributed by atoms with Crippen molar-refractivity contribution in [1.82, 2.24) is 9.97 Å². The van der Waals surface area contributed by atoms with Crippen molar-refractivity contribution in [2.24, 2.45) is 0 Å². The summed E-state index contributed by atoms with van der Waals surface area (Å²) < 4.78 is 0.754. The highest BCUT2D eigenvalue weighted by Crippen LogP contribution is 2.34. The van der Waals surface area contributed by atoms with E-state index in [4.69, 9.17) is 4.98 Å². The minimum absolute atomic E-state index is 0.0173. The van der Waals surface area contributed by atoms with E-state index in [0.29, 0.717) is 11.7 Å². The van der Waals surface area contributed by atoms with Crippen LogP contribution in [-0.2, 0) is 0 Å². The van der Waals surface area contributed by atoms with Gasteiger partial charge in [0.15, 0.2) is 0 Å². The summed E-state index contributed by atoms with van der Waals surface area (Å²) >= 11 is 2.12. The third-order valence-corrected chi connectivity index (χ3v) is 4.72. The molecule has 98 valence electrons. The van der Waals surface area contributed by atoms with Crippen molar-refractivity contribution in [2.75, 3.05) is 0 Å². The first kappa shape index (κ1) is 12.8. The molecule has 1 aromatic heterocycles. The minimum Gasteiger partial charge on any atom is -0.306 e. The fraction of sp³-hybridized carbons (Fsp3) is 0.333. The summed E-state index contributed by atoms with van der Waals surface area (Å²) in [7, 11) is 0. The first-order valence-electron chi connectivity index (χ1n) is 6.61. The Kier molecular flexibility index (Phi) is 3.68. The van der Waals surface area contributed by atoms with Gasteiger partial charge in [-0.3, -0.25) is 4.79 Å². The molecule has 19 heavy (non-hydrogen) atoms. The van der Waals surface area contributed by atoms with E-state index in [2.05, 4.69) is 27.6 Å². The summed E-state index contributed by atoms with van der Waals surface area (Å²) in [5, 5.41) is 0. The average molecular weight is 366 g/mol. The molecule has 0 unspecified atom stereocenters. The van der Waals surface area contributed by atoms with Crippen LogP contribution in [0.3, 0.4) is 0 Å². The molecule has 1 saturated carbocycles. The first-order chi connectivity index (χ1) is 9.25. The monoisotopic (exact) mass is 366 g/mol. The number of nitrogens with zero attached hydrogens (tertiary/aromatic N) is 1. The Balaban J connectivity index is 2.10. The highest BCUT2D eigenvalue weighted by Gasteiger charge is 2.23. The normalized spacial score (nSPS) is 15.8. The van der Waals surface area contributed by atoms with Gasteiger partial charge in [-0.05, 0) is 35.4 Å². The van der Waals surface area contributed by atoms with E-state index in [-0.39, 0.29) is 5.56 Å². The van der Waals surface area contributed by atoms with Crippen LogP contribution < -0.4 is 5.56 Å². The van der Waals surface area contributed by atoms with Crippen LogP contribution >= 0.6 is 22.6 Å². The summed E-state index contributed by atoms with van der Waals surface area (Å²) in [4.78, 5) is 19.7. The van der Waals surface area contributed by atoms with Gasteiger partial charge >= 0.3 is 0 Å². The second-order valence-electron chi connectivity index (χ2n) is 4.96. The SMILES string of the molecule is O=c1[nH]c(-c2ccccc2)nc(C2CCCC2)c1I. The number of hydrogen-bond acceptors (Lipinski definition) is 2. The number of benzene rings is 1. The van der Waals surface area contributed by atoms with Gasteiger partial charge in [0.25, 0.3) is 5.56 Å². The molecule has 0 aliphatic heterocycles. The van der Waals surface area contributed by atoms with Gasteiger partial charge in [-0.15, -0.1) is 0 Å². The van der Waals surface area contributed by atoms with Crippen LogP contribution in [-0.4, -0.2) is 9.97 Å². The van der Waals surface area contributed by atoms with Crippen LogP contribution in [0.1, 0.15) is 37.3 Å². The average Bonchev–Trinajstić information content (AvgIpc) is 2.96. The zero-order valence-electron chi connectivity index (χ0n) is 10.5. The Labute approximate surface area is 125 Å². The maximum Gasteiger partial charge on any atom is 0.264 e. The second kappa shape index (κ2) is 5.45. The number of H-pyrrole nitrogens is 1. The van der Waals surface area contributed by atoms with Crippen LogP contribution in [0.4, 0.5) is 0 Å². The smallest absolute Gasteiger partial charge is 0.264 e. The third kappa shape index (κ3) is 2.59. The zero-order chi connectivity index (χ0) is 13.2. The van der Waals surface area contributed by atoms with Crippen molar-refractivity contribution in [3.8, 4) is 11.4 Å². The minimum atomic E-state index is -0.0173. The van der Waals surface area contributed by atoms with Crippen molar-refractivity contribution in [2.45, 2.75) is 31.6 Å². The van der Waals surface area contributed by atoms with E-state index in [1.165, 1.54) is 12.8 Å². The highest BCUT2D eigenvalue weighted by molar-refractivity contribution is 14.1. The van der Waals surface area contributed by atoms with Crippen LogP contribution in [0.15, 0.2) is 35.1 Å². The Bertz CT molecular complexity index is 630. The molecule has 3 nitrogen and oxygen atoms in total. The molecule has 0 atom stereocenters. The number of aromatic nitrogens is 2. The molecule has 1 aliphatic carbocycles.